The van der Waals surface area contributed by atoms with E-state index < -0.39 is 0 Å². The Morgan fingerprint density at radius 2 is 1.92 bits per heavy atom. The van der Waals surface area contributed by atoms with Gasteiger partial charge >= 0.3 is 0 Å². The minimum absolute atomic E-state index is 0.646. The van der Waals surface area contributed by atoms with Crippen LogP contribution in [-0.4, -0.2) is 21.1 Å². The minimum Gasteiger partial charge on any atom is -0.338 e. The van der Waals surface area contributed by atoms with Gasteiger partial charge in [-0.25, -0.2) is 0 Å². The van der Waals surface area contributed by atoms with Crippen LogP contribution in [0.15, 0.2) is 45.6 Å². The molecule has 5 heteroatoms. The van der Waals surface area contributed by atoms with Crippen molar-refractivity contribution in [2.45, 2.75) is 45.3 Å². The van der Waals surface area contributed by atoms with Crippen molar-refractivity contribution < 1.29 is 4.52 Å². The van der Waals surface area contributed by atoms with E-state index in [1.807, 2.05) is 16.8 Å². The smallest absolute Gasteiger partial charge is 0.241 e. The van der Waals surface area contributed by atoms with Gasteiger partial charge in [-0.05, 0) is 41.8 Å². The maximum Gasteiger partial charge on any atom is 0.241 e. The molecule has 24 heavy (non-hydrogen) atoms. The summed E-state index contributed by atoms with van der Waals surface area (Å²) in [6, 6.07) is 11.6. The van der Waals surface area contributed by atoms with Crippen LogP contribution in [0.5, 0.6) is 0 Å². The first kappa shape index (κ1) is 15.5. The first-order valence-electron chi connectivity index (χ1n) is 8.49. The SMILES string of the molecule is CCc1ccc(CN(Cc2nc(-c3ccsc3)no2)C2CC2)cc1. The lowest BCUT2D eigenvalue weighted by atomic mass is 10.1. The van der Waals surface area contributed by atoms with E-state index >= 15 is 0 Å². The zero-order valence-corrected chi connectivity index (χ0v) is 14.6. The maximum atomic E-state index is 5.47. The van der Waals surface area contributed by atoms with Crippen molar-refractivity contribution in [1.82, 2.24) is 15.0 Å². The number of thiophene rings is 1. The Kier molecular flexibility index (Phi) is 4.45. The van der Waals surface area contributed by atoms with Crippen molar-refractivity contribution in [1.29, 1.82) is 0 Å². The summed E-state index contributed by atoms with van der Waals surface area (Å²) in [6.45, 7) is 3.84. The predicted molar refractivity (Wildman–Crippen MR) is 95.7 cm³/mol. The van der Waals surface area contributed by atoms with Crippen LogP contribution in [0.3, 0.4) is 0 Å². The van der Waals surface area contributed by atoms with Crippen molar-refractivity contribution in [2.24, 2.45) is 0 Å². The molecular formula is C19H21N3OS. The second-order valence-corrected chi connectivity index (χ2v) is 7.11. The van der Waals surface area contributed by atoms with Crippen molar-refractivity contribution >= 4 is 11.3 Å². The molecule has 1 aliphatic carbocycles. The predicted octanol–water partition coefficient (Wildman–Crippen LogP) is 4.53. The summed E-state index contributed by atoms with van der Waals surface area (Å²) in [5.74, 6) is 1.39. The molecule has 2 aromatic heterocycles. The van der Waals surface area contributed by atoms with Gasteiger partial charge in [0.1, 0.15) is 0 Å². The Labute approximate surface area is 146 Å². The molecule has 1 aliphatic rings. The zero-order valence-electron chi connectivity index (χ0n) is 13.8. The summed E-state index contributed by atoms with van der Waals surface area (Å²) in [7, 11) is 0. The van der Waals surface area contributed by atoms with Gasteiger partial charge in [0.15, 0.2) is 0 Å². The quantitative estimate of drug-likeness (QED) is 0.634. The average molecular weight is 339 g/mol. The third-order valence-corrected chi connectivity index (χ3v) is 5.15. The van der Waals surface area contributed by atoms with Crippen LogP contribution in [-0.2, 0) is 19.5 Å². The van der Waals surface area contributed by atoms with E-state index in [1.165, 1.54) is 24.0 Å². The number of rotatable bonds is 7. The van der Waals surface area contributed by atoms with Gasteiger partial charge in [0.25, 0.3) is 0 Å². The largest absolute Gasteiger partial charge is 0.338 e. The van der Waals surface area contributed by atoms with Crippen LogP contribution in [0.25, 0.3) is 11.4 Å². The lowest BCUT2D eigenvalue weighted by molar-refractivity contribution is 0.209. The lowest BCUT2D eigenvalue weighted by Gasteiger charge is -2.20. The van der Waals surface area contributed by atoms with E-state index in [0.29, 0.717) is 17.8 Å². The molecule has 0 spiro atoms. The summed E-state index contributed by atoms with van der Waals surface area (Å²) in [5.41, 5.74) is 3.76. The second kappa shape index (κ2) is 6.87. The second-order valence-electron chi connectivity index (χ2n) is 6.33. The van der Waals surface area contributed by atoms with E-state index in [0.717, 1.165) is 25.1 Å². The van der Waals surface area contributed by atoms with E-state index in [4.69, 9.17) is 4.52 Å². The van der Waals surface area contributed by atoms with Gasteiger partial charge < -0.3 is 4.52 Å². The number of nitrogens with zero attached hydrogens (tertiary/aromatic N) is 3. The lowest BCUT2D eigenvalue weighted by Crippen LogP contribution is -2.25. The molecule has 0 radical (unpaired) electrons. The Bertz CT molecular complexity index is 775. The molecule has 124 valence electrons. The Balaban J connectivity index is 1.45. The van der Waals surface area contributed by atoms with Gasteiger partial charge in [-0.3, -0.25) is 4.90 Å². The highest BCUT2D eigenvalue weighted by Gasteiger charge is 2.30. The first-order chi connectivity index (χ1) is 11.8. The van der Waals surface area contributed by atoms with Crippen molar-refractivity contribution in [2.75, 3.05) is 0 Å². The molecule has 0 aliphatic heterocycles. The van der Waals surface area contributed by atoms with Gasteiger partial charge in [0, 0.05) is 23.5 Å². The summed E-state index contributed by atoms with van der Waals surface area (Å²) < 4.78 is 5.47. The molecule has 4 nitrogen and oxygen atoms in total. The summed E-state index contributed by atoms with van der Waals surface area (Å²) in [6.07, 6.45) is 3.61. The van der Waals surface area contributed by atoms with Crippen LogP contribution < -0.4 is 0 Å². The van der Waals surface area contributed by atoms with Gasteiger partial charge in [0.2, 0.25) is 11.7 Å². The average Bonchev–Trinajstić information content (AvgIpc) is 3.11. The maximum absolute atomic E-state index is 5.47. The molecule has 0 atom stereocenters. The summed E-state index contributed by atoms with van der Waals surface area (Å²) in [5, 5.41) is 8.19. The first-order valence-corrected chi connectivity index (χ1v) is 9.43. The van der Waals surface area contributed by atoms with Crippen LogP contribution in [0.4, 0.5) is 0 Å². The van der Waals surface area contributed by atoms with Gasteiger partial charge in [-0.2, -0.15) is 16.3 Å². The number of hydrogen-bond donors (Lipinski definition) is 0. The molecule has 0 N–H and O–H groups in total. The van der Waals surface area contributed by atoms with E-state index in [1.54, 1.807) is 11.3 Å². The highest BCUT2D eigenvalue weighted by atomic mass is 32.1. The zero-order chi connectivity index (χ0) is 16.4. The van der Waals surface area contributed by atoms with Gasteiger partial charge in [-0.1, -0.05) is 36.3 Å². The molecule has 2 heterocycles. The molecule has 0 amide bonds. The Hall–Kier alpha value is -1.98. The normalized spacial score (nSPS) is 14.4. The van der Waals surface area contributed by atoms with Crippen LogP contribution >= 0.6 is 11.3 Å². The van der Waals surface area contributed by atoms with Gasteiger partial charge in [0.05, 0.1) is 6.54 Å². The molecule has 1 aromatic carbocycles. The van der Waals surface area contributed by atoms with Crippen molar-refractivity contribution in [3.63, 3.8) is 0 Å². The molecule has 0 saturated heterocycles. The number of aromatic nitrogens is 2. The topological polar surface area (TPSA) is 42.2 Å². The monoisotopic (exact) mass is 339 g/mol. The fourth-order valence-corrected chi connectivity index (χ4v) is 3.50. The van der Waals surface area contributed by atoms with E-state index in [9.17, 15) is 0 Å². The molecule has 0 bridgehead atoms. The fourth-order valence-electron chi connectivity index (χ4n) is 2.87. The highest BCUT2D eigenvalue weighted by Crippen LogP contribution is 2.30. The fraction of sp³-hybridized carbons (Fsp3) is 0.368. The third kappa shape index (κ3) is 3.57. The van der Waals surface area contributed by atoms with Crippen LogP contribution in [0.1, 0.15) is 36.8 Å². The van der Waals surface area contributed by atoms with Crippen molar-refractivity contribution in [3.8, 4) is 11.4 Å². The minimum atomic E-state index is 0.646. The highest BCUT2D eigenvalue weighted by molar-refractivity contribution is 7.08. The Morgan fingerprint density at radius 1 is 1.12 bits per heavy atom. The van der Waals surface area contributed by atoms with E-state index in [2.05, 4.69) is 46.2 Å². The van der Waals surface area contributed by atoms with Crippen LogP contribution in [0.2, 0.25) is 0 Å². The molecule has 3 aromatic rings. The number of hydrogen-bond acceptors (Lipinski definition) is 5. The standard InChI is InChI=1S/C19H21N3OS/c1-2-14-3-5-15(6-4-14)11-22(17-7-8-17)12-18-20-19(21-23-18)16-9-10-24-13-16/h3-6,9-10,13,17H,2,7-8,11-12H2,1H3. The third-order valence-electron chi connectivity index (χ3n) is 4.47. The number of aryl methyl sites for hydroxylation is 1. The molecule has 4 rings (SSSR count). The Morgan fingerprint density at radius 3 is 2.58 bits per heavy atom. The van der Waals surface area contributed by atoms with Gasteiger partial charge in [-0.15, -0.1) is 0 Å². The molecular weight excluding hydrogens is 318 g/mol. The number of benzene rings is 1. The van der Waals surface area contributed by atoms with E-state index in [-0.39, 0.29) is 0 Å². The summed E-state index contributed by atoms with van der Waals surface area (Å²) in [4.78, 5) is 7.01. The molecule has 0 unspecified atom stereocenters. The van der Waals surface area contributed by atoms with Crippen LogP contribution in [0, 0.1) is 0 Å². The molecule has 1 saturated carbocycles. The molecule has 1 fully saturated rings. The summed E-state index contributed by atoms with van der Waals surface area (Å²) >= 11 is 1.65. The van der Waals surface area contributed by atoms with Crippen molar-refractivity contribution in [3.05, 3.63) is 58.1 Å².